The Kier molecular flexibility index (Phi) is 1.71. The lowest BCUT2D eigenvalue weighted by Crippen LogP contribution is -2.01. The minimum Gasteiger partial charge on any atom is -0.381 e. The van der Waals surface area contributed by atoms with E-state index in [0.717, 1.165) is 12.1 Å². The van der Waals surface area contributed by atoms with Crippen LogP contribution in [0.25, 0.3) is 6.08 Å². The highest BCUT2D eigenvalue weighted by atomic mass is 14.9. The Labute approximate surface area is 72.4 Å². The second-order valence-corrected chi connectivity index (χ2v) is 2.93. The van der Waals surface area contributed by atoms with Crippen molar-refractivity contribution in [3.8, 4) is 0 Å². The summed E-state index contributed by atoms with van der Waals surface area (Å²) in [7, 11) is 0. The van der Waals surface area contributed by atoms with Gasteiger partial charge in [0.15, 0.2) is 0 Å². The van der Waals surface area contributed by atoms with Gasteiger partial charge in [-0.15, -0.1) is 0 Å². The molecule has 1 aromatic rings. The molecule has 1 aromatic carbocycles. The molecule has 0 fully saturated rings. The summed E-state index contributed by atoms with van der Waals surface area (Å²) in [5, 5.41) is 3.31. The van der Waals surface area contributed by atoms with Gasteiger partial charge in [-0.1, -0.05) is 36.9 Å². The molecule has 1 nitrogen and oxygen atoms in total. The van der Waals surface area contributed by atoms with Crippen LogP contribution in [-0.2, 0) is 0 Å². The number of para-hydroxylation sites is 1. The summed E-state index contributed by atoms with van der Waals surface area (Å²) >= 11 is 0. The van der Waals surface area contributed by atoms with Crippen molar-refractivity contribution in [1.82, 2.24) is 0 Å². The van der Waals surface area contributed by atoms with Gasteiger partial charge in [0.2, 0.25) is 0 Å². The Morgan fingerprint density at radius 3 is 2.92 bits per heavy atom. The molecule has 0 spiro atoms. The molecule has 0 radical (unpaired) electrons. The molecule has 1 N–H and O–H groups in total. The number of benzene rings is 1. The van der Waals surface area contributed by atoms with Gasteiger partial charge < -0.3 is 5.32 Å². The molecule has 0 saturated carbocycles. The summed E-state index contributed by atoms with van der Waals surface area (Å²) in [4.78, 5) is 0. The van der Waals surface area contributed by atoms with E-state index in [2.05, 4.69) is 36.2 Å². The fraction of sp³-hybridized carbons (Fsp3) is 0.0909. The zero-order valence-electron chi connectivity index (χ0n) is 6.88. The Hall–Kier alpha value is -1.50. The van der Waals surface area contributed by atoms with E-state index in [1.54, 1.807) is 0 Å². The van der Waals surface area contributed by atoms with Crippen LogP contribution in [0.5, 0.6) is 0 Å². The molecule has 0 amide bonds. The number of hydrogen-bond acceptors (Lipinski definition) is 1. The van der Waals surface area contributed by atoms with Crippen molar-refractivity contribution < 1.29 is 0 Å². The zero-order chi connectivity index (χ0) is 8.39. The Morgan fingerprint density at radius 2 is 2.00 bits per heavy atom. The number of nitrogens with one attached hydrogen (secondary N) is 1. The Morgan fingerprint density at radius 1 is 1.17 bits per heavy atom. The molecular weight excluding hydrogens is 146 g/mol. The van der Waals surface area contributed by atoms with Gasteiger partial charge in [0.1, 0.15) is 0 Å². The quantitative estimate of drug-likeness (QED) is 0.610. The highest BCUT2D eigenvalue weighted by Gasteiger charge is 2.01. The minimum atomic E-state index is 0.841. The molecular formula is C11H11N. The maximum absolute atomic E-state index is 3.91. The van der Waals surface area contributed by atoms with Crippen LogP contribution in [0.1, 0.15) is 5.56 Å². The molecule has 1 heteroatoms. The zero-order valence-corrected chi connectivity index (χ0v) is 6.88. The lowest BCUT2D eigenvalue weighted by Gasteiger charge is -2.05. The largest absolute Gasteiger partial charge is 0.381 e. The molecule has 0 bridgehead atoms. The van der Waals surface area contributed by atoms with E-state index in [-0.39, 0.29) is 0 Å². The Balaban J connectivity index is 2.45. The van der Waals surface area contributed by atoms with Gasteiger partial charge in [0, 0.05) is 12.2 Å². The van der Waals surface area contributed by atoms with Crippen LogP contribution in [-0.4, -0.2) is 6.54 Å². The topological polar surface area (TPSA) is 12.0 Å². The van der Waals surface area contributed by atoms with E-state index < -0.39 is 0 Å². The van der Waals surface area contributed by atoms with E-state index in [1.807, 2.05) is 12.1 Å². The van der Waals surface area contributed by atoms with Crippen molar-refractivity contribution in [2.45, 2.75) is 0 Å². The fourth-order valence-corrected chi connectivity index (χ4v) is 1.28. The summed E-state index contributed by atoms with van der Waals surface area (Å²) in [6.07, 6.45) is 4.15. The van der Waals surface area contributed by atoms with Crippen LogP contribution in [0.15, 0.2) is 42.5 Å². The van der Waals surface area contributed by atoms with Gasteiger partial charge >= 0.3 is 0 Å². The van der Waals surface area contributed by atoms with Crippen LogP contribution in [0.3, 0.4) is 0 Å². The lowest BCUT2D eigenvalue weighted by atomic mass is 10.2. The van der Waals surface area contributed by atoms with Crippen LogP contribution in [0.4, 0.5) is 5.69 Å². The highest BCUT2D eigenvalue weighted by molar-refractivity contribution is 5.70. The summed E-state index contributed by atoms with van der Waals surface area (Å²) in [6.45, 7) is 4.75. The van der Waals surface area contributed by atoms with Crippen molar-refractivity contribution >= 4 is 11.8 Å². The first kappa shape index (κ1) is 7.17. The van der Waals surface area contributed by atoms with E-state index >= 15 is 0 Å². The molecule has 0 aliphatic carbocycles. The predicted molar refractivity (Wildman–Crippen MR) is 53.1 cm³/mol. The minimum absolute atomic E-state index is 0.841. The van der Waals surface area contributed by atoms with Crippen molar-refractivity contribution in [2.24, 2.45) is 0 Å². The van der Waals surface area contributed by atoms with Gasteiger partial charge in [-0.25, -0.2) is 0 Å². The van der Waals surface area contributed by atoms with Crippen LogP contribution in [0, 0.1) is 0 Å². The summed E-state index contributed by atoms with van der Waals surface area (Å²) in [5.41, 5.74) is 3.54. The van der Waals surface area contributed by atoms with Crippen molar-refractivity contribution in [2.75, 3.05) is 11.9 Å². The number of fused-ring (bicyclic) bond motifs is 1. The number of rotatable bonds is 0. The second kappa shape index (κ2) is 2.86. The standard InChI is InChI=1S/C11H11N/c1-9-6-7-10-4-2-3-5-11(10)12-8-9/h2-7,12H,1,8H2. The number of hydrogen-bond donors (Lipinski definition) is 1. The third kappa shape index (κ3) is 1.26. The molecule has 1 aliphatic heterocycles. The van der Waals surface area contributed by atoms with Crippen molar-refractivity contribution in [1.29, 1.82) is 0 Å². The van der Waals surface area contributed by atoms with Crippen molar-refractivity contribution in [3.05, 3.63) is 48.1 Å². The summed E-state index contributed by atoms with van der Waals surface area (Å²) in [6, 6.07) is 8.25. The van der Waals surface area contributed by atoms with Crippen LogP contribution in [0.2, 0.25) is 0 Å². The average molecular weight is 157 g/mol. The van der Waals surface area contributed by atoms with E-state index in [9.17, 15) is 0 Å². The molecule has 1 aliphatic rings. The molecule has 0 unspecified atom stereocenters. The molecule has 60 valence electrons. The molecule has 1 heterocycles. The number of anilines is 1. The first-order valence-electron chi connectivity index (χ1n) is 4.05. The predicted octanol–water partition coefficient (Wildman–Crippen LogP) is 2.68. The third-order valence-electron chi connectivity index (χ3n) is 1.97. The second-order valence-electron chi connectivity index (χ2n) is 2.93. The van der Waals surface area contributed by atoms with Gasteiger partial charge in [-0.05, 0) is 17.2 Å². The maximum atomic E-state index is 3.91. The normalized spacial score (nSPS) is 14.8. The van der Waals surface area contributed by atoms with Crippen molar-refractivity contribution in [3.63, 3.8) is 0 Å². The van der Waals surface area contributed by atoms with Crippen LogP contribution < -0.4 is 5.32 Å². The monoisotopic (exact) mass is 157 g/mol. The van der Waals surface area contributed by atoms with Gasteiger partial charge in [-0.3, -0.25) is 0 Å². The van der Waals surface area contributed by atoms with E-state index in [1.165, 1.54) is 11.3 Å². The highest BCUT2D eigenvalue weighted by Crippen LogP contribution is 2.20. The van der Waals surface area contributed by atoms with E-state index in [4.69, 9.17) is 0 Å². The molecule has 0 atom stereocenters. The smallest absolute Gasteiger partial charge is 0.0416 e. The van der Waals surface area contributed by atoms with E-state index in [0.29, 0.717) is 0 Å². The maximum Gasteiger partial charge on any atom is 0.0416 e. The average Bonchev–Trinajstić information content (AvgIpc) is 2.29. The molecule has 12 heavy (non-hydrogen) atoms. The first-order chi connectivity index (χ1) is 5.86. The third-order valence-corrected chi connectivity index (χ3v) is 1.97. The Bertz CT molecular complexity index is 337. The van der Waals surface area contributed by atoms with Gasteiger partial charge in [-0.2, -0.15) is 0 Å². The summed E-state index contributed by atoms with van der Waals surface area (Å²) < 4.78 is 0. The first-order valence-corrected chi connectivity index (χ1v) is 4.05. The SMILES string of the molecule is C=C1C=Cc2ccccc2NC1. The lowest BCUT2D eigenvalue weighted by molar-refractivity contribution is 1.29. The van der Waals surface area contributed by atoms with Gasteiger partial charge in [0.05, 0.1) is 0 Å². The molecule has 2 rings (SSSR count). The molecule has 0 aromatic heterocycles. The molecule has 0 saturated heterocycles. The fourth-order valence-electron chi connectivity index (χ4n) is 1.28. The van der Waals surface area contributed by atoms with Gasteiger partial charge in [0.25, 0.3) is 0 Å². The van der Waals surface area contributed by atoms with Crippen LogP contribution >= 0.6 is 0 Å². The summed E-state index contributed by atoms with van der Waals surface area (Å²) in [5.74, 6) is 0.